The lowest BCUT2D eigenvalue weighted by atomic mass is 10.1. The third-order valence-electron chi connectivity index (χ3n) is 7.99. The van der Waals surface area contributed by atoms with E-state index in [0.717, 1.165) is 70.7 Å². The number of para-hydroxylation sites is 1. The molecule has 0 bridgehead atoms. The average Bonchev–Trinajstić information content (AvgIpc) is 3.76. The Balaban J connectivity index is 0.000000192. The molecule has 254 valence electrons. The van der Waals surface area contributed by atoms with Crippen molar-refractivity contribution in [3.63, 3.8) is 0 Å². The molecule has 1 fully saturated rings. The number of amidine groups is 1. The van der Waals surface area contributed by atoms with Crippen molar-refractivity contribution in [2.45, 2.75) is 32.9 Å². The zero-order valence-corrected chi connectivity index (χ0v) is 28.3. The van der Waals surface area contributed by atoms with Gasteiger partial charge in [0.05, 0.1) is 23.4 Å². The molecule has 1 aliphatic rings. The molecule has 0 radical (unpaired) electrons. The first kappa shape index (κ1) is 34.5. The number of carbonyl (C=O) groups excluding carboxylic acids is 1. The van der Waals surface area contributed by atoms with Gasteiger partial charge in [-0.1, -0.05) is 42.5 Å². The third kappa shape index (κ3) is 9.39. The quantitative estimate of drug-likeness (QED) is 0.0705. The molecule has 13 heteroatoms. The maximum Gasteiger partial charge on any atom is 0.251 e. The lowest BCUT2D eigenvalue weighted by Crippen LogP contribution is -2.26. The van der Waals surface area contributed by atoms with Crippen LogP contribution in [0.15, 0.2) is 90.1 Å². The number of hydrogen-bond donors (Lipinski definition) is 5. The van der Waals surface area contributed by atoms with Gasteiger partial charge in [0.1, 0.15) is 30.4 Å². The largest absolute Gasteiger partial charge is 0.473 e. The highest BCUT2D eigenvalue weighted by Gasteiger charge is 2.24. The van der Waals surface area contributed by atoms with Crippen LogP contribution in [0, 0.1) is 6.92 Å². The van der Waals surface area contributed by atoms with E-state index in [1.165, 1.54) is 11.9 Å². The van der Waals surface area contributed by atoms with Crippen LogP contribution in [-0.4, -0.2) is 81.8 Å². The van der Waals surface area contributed by atoms with Crippen LogP contribution in [-0.2, 0) is 11.3 Å². The van der Waals surface area contributed by atoms with Gasteiger partial charge in [-0.15, -0.1) is 0 Å². The van der Waals surface area contributed by atoms with E-state index >= 15 is 0 Å². The van der Waals surface area contributed by atoms with E-state index in [-0.39, 0.29) is 6.10 Å². The van der Waals surface area contributed by atoms with Gasteiger partial charge in [-0.2, -0.15) is 4.99 Å². The molecular weight excluding hydrogens is 618 g/mol. The second-order valence-corrected chi connectivity index (χ2v) is 11.5. The first-order chi connectivity index (χ1) is 23.9. The molecule has 6 rings (SSSR count). The smallest absolute Gasteiger partial charge is 0.251 e. The van der Waals surface area contributed by atoms with Crippen LogP contribution in [0.4, 0.5) is 17.5 Å². The van der Waals surface area contributed by atoms with Gasteiger partial charge in [0.25, 0.3) is 5.95 Å². The number of nitrogens with one attached hydrogen (secondary N) is 4. The zero-order chi connectivity index (χ0) is 34.6. The van der Waals surface area contributed by atoms with Crippen molar-refractivity contribution in [2.75, 3.05) is 44.4 Å². The number of ether oxygens (including phenoxy) is 1. The second kappa shape index (κ2) is 16.8. The third-order valence-corrected chi connectivity index (χ3v) is 7.99. The van der Waals surface area contributed by atoms with Crippen molar-refractivity contribution < 1.29 is 9.53 Å². The van der Waals surface area contributed by atoms with E-state index in [1.54, 1.807) is 12.3 Å². The number of allylic oxidation sites excluding steroid dienone is 1. The molecule has 0 saturated carbocycles. The number of aromatic amines is 1. The summed E-state index contributed by atoms with van der Waals surface area (Å²) in [7, 11) is 3.73. The topological polar surface area (TPSA) is 171 Å². The minimum absolute atomic E-state index is 0.0758. The Morgan fingerprint density at radius 3 is 2.76 bits per heavy atom. The van der Waals surface area contributed by atoms with Gasteiger partial charge in [-0.25, -0.2) is 19.9 Å². The number of aryl methyl sites for hydroxylation is 1. The van der Waals surface area contributed by atoms with Gasteiger partial charge in [-0.3, -0.25) is 4.90 Å². The van der Waals surface area contributed by atoms with Gasteiger partial charge < -0.3 is 36.2 Å². The van der Waals surface area contributed by atoms with Gasteiger partial charge in [0.2, 0.25) is 5.88 Å². The molecule has 3 aromatic heterocycles. The number of aldehydes is 1. The maximum absolute atomic E-state index is 10.5. The minimum Gasteiger partial charge on any atom is -0.473 e. The van der Waals surface area contributed by atoms with Gasteiger partial charge in [0, 0.05) is 68.8 Å². The molecule has 2 aromatic carbocycles. The van der Waals surface area contributed by atoms with E-state index in [1.807, 2.05) is 70.5 Å². The molecule has 49 heavy (non-hydrogen) atoms. The monoisotopic (exact) mass is 661 g/mol. The number of benzene rings is 2. The SMILES string of the molecule is CN/C(C)=C\C(N)=N/c1ncc(C)c(-c2c[nH]c3c(NC)cccc23)n1.O=CCN1CCC(Oc2cc(NCc3ccccc3)ncn2)C1. The fourth-order valence-corrected chi connectivity index (χ4v) is 5.38. The van der Waals surface area contributed by atoms with Crippen molar-refractivity contribution in [3.8, 4) is 17.1 Å². The first-order valence-electron chi connectivity index (χ1n) is 16.1. The Labute approximate surface area is 286 Å². The highest BCUT2D eigenvalue weighted by Crippen LogP contribution is 2.33. The van der Waals surface area contributed by atoms with Crippen molar-refractivity contribution >= 4 is 40.5 Å². The number of nitrogens with zero attached hydrogens (tertiary/aromatic N) is 6. The van der Waals surface area contributed by atoms with Crippen molar-refractivity contribution in [3.05, 3.63) is 96.2 Å². The molecule has 0 spiro atoms. The standard InChI is InChI=1S/C19H23N7.C17H20N4O2/c1-11-9-24-19(25-16(20)8-12(2)21-3)26-17(11)14-10-23-18-13(14)6-5-7-15(18)22-4;22-9-8-21-7-6-15(12-21)23-17-10-16(19-13-20-17)18-11-14-4-2-1-3-5-14/h5-10,21-23H,1-4H3,(H2,20,24,25,26);1-5,9-10,13,15H,6-8,11-12H2,(H,18,19,20)/b12-8-;. The highest BCUT2D eigenvalue weighted by molar-refractivity contribution is 6.01. The van der Waals surface area contributed by atoms with Crippen molar-refractivity contribution in [1.29, 1.82) is 0 Å². The average molecular weight is 662 g/mol. The molecule has 1 unspecified atom stereocenters. The predicted octanol–water partition coefficient (Wildman–Crippen LogP) is 4.83. The van der Waals surface area contributed by atoms with Gasteiger partial charge in [0.15, 0.2) is 0 Å². The molecule has 0 aliphatic carbocycles. The molecule has 0 amide bonds. The summed E-state index contributed by atoms with van der Waals surface area (Å²) in [6.07, 6.45) is 8.89. The van der Waals surface area contributed by atoms with E-state index in [2.05, 4.69) is 69.0 Å². The van der Waals surface area contributed by atoms with Crippen LogP contribution in [0.1, 0.15) is 24.5 Å². The van der Waals surface area contributed by atoms with Crippen LogP contribution in [0.25, 0.3) is 22.2 Å². The number of H-pyrrole nitrogens is 1. The molecule has 1 aliphatic heterocycles. The predicted molar refractivity (Wildman–Crippen MR) is 195 cm³/mol. The van der Waals surface area contributed by atoms with E-state index in [4.69, 9.17) is 10.5 Å². The molecule has 13 nitrogen and oxygen atoms in total. The van der Waals surface area contributed by atoms with Crippen LogP contribution >= 0.6 is 0 Å². The number of likely N-dealkylation sites (tertiary alicyclic amines) is 1. The fourth-order valence-electron chi connectivity index (χ4n) is 5.38. The Bertz CT molecular complexity index is 1910. The number of rotatable bonds is 12. The van der Waals surface area contributed by atoms with E-state index in [0.29, 0.717) is 30.8 Å². The first-order valence-corrected chi connectivity index (χ1v) is 16.1. The summed E-state index contributed by atoms with van der Waals surface area (Å²) in [4.78, 5) is 37.5. The number of fused-ring (bicyclic) bond motifs is 1. The lowest BCUT2D eigenvalue weighted by Gasteiger charge is -2.14. The van der Waals surface area contributed by atoms with Gasteiger partial charge >= 0.3 is 0 Å². The molecule has 4 heterocycles. The van der Waals surface area contributed by atoms with Crippen molar-refractivity contribution in [1.82, 2.24) is 35.1 Å². The summed E-state index contributed by atoms with van der Waals surface area (Å²) in [5.41, 5.74) is 13.0. The maximum atomic E-state index is 10.5. The Hall–Kier alpha value is -5.82. The van der Waals surface area contributed by atoms with Gasteiger partial charge in [-0.05, 0) is 43.5 Å². The van der Waals surface area contributed by atoms with Crippen LogP contribution in [0.5, 0.6) is 5.88 Å². The fraction of sp³-hybridized carbons (Fsp3) is 0.278. The molecule has 1 saturated heterocycles. The number of aliphatic imine (C=N–C) groups is 1. The summed E-state index contributed by atoms with van der Waals surface area (Å²) >= 11 is 0. The molecule has 6 N–H and O–H groups in total. The number of aromatic nitrogens is 5. The minimum atomic E-state index is 0.0758. The Kier molecular flexibility index (Phi) is 11.9. The number of carbonyl (C=O) groups is 1. The molecule has 1 atom stereocenters. The number of hydrogen-bond acceptors (Lipinski definition) is 11. The second-order valence-electron chi connectivity index (χ2n) is 11.5. The summed E-state index contributed by atoms with van der Waals surface area (Å²) in [5, 5.41) is 10.6. The normalized spacial score (nSPS) is 15.0. The summed E-state index contributed by atoms with van der Waals surface area (Å²) < 4.78 is 5.90. The zero-order valence-electron chi connectivity index (χ0n) is 28.3. The number of nitrogens with two attached hydrogens (primary N) is 1. The van der Waals surface area contributed by atoms with Crippen LogP contribution in [0.3, 0.4) is 0 Å². The van der Waals surface area contributed by atoms with Crippen molar-refractivity contribution in [2.24, 2.45) is 10.7 Å². The highest BCUT2D eigenvalue weighted by atomic mass is 16.5. The van der Waals surface area contributed by atoms with Crippen LogP contribution in [0.2, 0.25) is 0 Å². The molecular formula is C36H43N11O2. The lowest BCUT2D eigenvalue weighted by molar-refractivity contribution is -0.108. The summed E-state index contributed by atoms with van der Waals surface area (Å²) in [5.74, 6) is 1.99. The summed E-state index contributed by atoms with van der Waals surface area (Å²) in [6.45, 7) is 6.71. The Morgan fingerprint density at radius 1 is 1.14 bits per heavy atom. The van der Waals surface area contributed by atoms with E-state index in [9.17, 15) is 4.79 Å². The molecule has 5 aromatic rings. The Morgan fingerprint density at radius 2 is 1.98 bits per heavy atom. The van der Waals surface area contributed by atoms with E-state index < -0.39 is 0 Å². The van der Waals surface area contributed by atoms with Crippen LogP contribution < -0.4 is 26.4 Å². The number of anilines is 2. The summed E-state index contributed by atoms with van der Waals surface area (Å²) in [6, 6.07) is 18.1.